The SMILES string of the molecule is CCc1ccc2occ(C(=O)N3CCC(F)(F)C(CO)C3)c2c1. The lowest BCUT2D eigenvalue weighted by molar-refractivity contribution is -0.113. The number of carbonyl (C=O) groups excluding carboxylic acids is 1. The Morgan fingerprint density at radius 1 is 1.48 bits per heavy atom. The molecule has 1 atom stereocenters. The van der Waals surface area contributed by atoms with Gasteiger partial charge in [-0.3, -0.25) is 4.79 Å². The first kappa shape index (κ1) is 15.9. The number of nitrogens with zero attached hydrogens (tertiary/aromatic N) is 1. The van der Waals surface area contributed by atoms with Gasteiger partial charge in [0.05, 0.1) is 18.1 Å². The van der Waals surface area contributed by atoms with Crippen LogP contribution < -0.4 is 0 Å². The van der Waals surface area contributed by atoms with Crippen molar-refractivity contribution >= 4 is 16.9 Å². The van der Waals surface area contributed by atoms with E-state index in [0.717, 1.165) is 12.0 Å². The number of aliphatic hydroxyl groups excluding tert-OH is 1. The molecule has 124 valence electrons. The zero-order chi connectivity index (χ0) is 16.6. The smallest absolute Gasteiger partial charge is 0.257 e. The number of aryl methyl sites for hydroxylation is 1. The Hall–Kier alpha value is -1.95. The van der Waals surface area contributed by atoms with Crippen molar-refractivity contribution in [3.05, 3.63) is 35.6 Å². The molecule has 0 spiro atoms. The summed E-state index contributed by atoms with van der Waals surface area (Å²) in [5, 5.41) is 9.86. The van der Waals surface area contributed by atoms with E-state index in [1.54, 1.807) is 0 Å². The average Bonchev–Trinajstić information content (AvgIpc) is 2.96. The van der Waals surface area contributed by atoms with Crippen LogP contribution in [-0.2, 0) is 6.42 Å². The van der Waals surface area contributed by atoms with Gasteiger partial charge in [0.2, 0.25) is 0 Å². The van der Waals surface area contributed by atoms with E-state index in [1.807, 2.05) is 25.1 Å². The molecule has 0 radical (unpaired) electrons. The van der Waals surface area contributed by atoms with Crippen LogP contribution in [-0.4, -0.2) is 41.5 Å². The average molecular weight is 323 g/mol. The number of likely N-dealkylation sites (tertiary alicyclic amines) is 1. The number of amides is 1. The van der Waals surface area contributed by atoms with E-state index in [2.05, 4.69) is 0 Å². The van der Waals surface area contributed by atoms with Gasteiger partial charge in [0.1, 0.15) is 11.8 Å². The molecular formula is C17H19F2NO3. The minimum atomic E-state index is -2.93. The lowest BCUT2D eigenvalue weighted by Crippen LogP contribution is -2.50. The highest BCUT2D eigenvalue weighted by Gasteiger charge is 2.45. The van der Waals surface area contributed by atoms with Crippen LogP contribution in [0.4, 0.5) is 8.78 Å². The number of piperidine rings is 1. The lowest BCUT2D eigenvalue weighted by atomic mass is 9.93. The fourth-order valence-electron chi connectivity index (χ4n) is 2.99. The first-order valence-electron chi connectivity index (χ1n) is 7.74. The summed E-state index contributed by atoms with van der Waals surface area (Å²) in [6.07, 6.45) is 1.78. The summed E-state index contributed by atoms with van der Waals surface area (Å²) in [5.41, 5.74) is 2.06. The van der Waals surface area contributed by atoms with Gasteiger partial charge >= 0.3 is 0 Å². The third kappa shape index (κ3) is 2.83. The predicted molar refractivity (Wildman–Crippen MR) is 81.6 cm³/mol. The molecule has 1 saturated heterocycles. The molecule has 3 rings (SSSR count). The van der Waals surface area contributed by atoms with E-state index in [-0.39, 0.29) is 19.0 Å². The number of rotatable bonds is 3. The molecule has 1 fully saturated rings. The summed E-state index contributed by atoms with van der Waals surface area (Å²) in [6, 6.07) is 5.64. The lowest BCUT2D eigenvalue weighted by Gasteiger charge is -2.37. The van der Waals surface area contributed by atoms with Crippen LogP contribution in [0, 0.1) is 5.92 Å². The fraction of sp³-hybridized carbons (Fsp3) is 0.471. The van der Waals surface area contributed by atoms with Crippen LogP contribution in [0.2, 0.25) is 0 Å². The maximum atomic E-state index is 13.7. The zero-order valence-corrected chi connectivity index (χ0v) is 12.9. The summed E-state index contributed by atoms with van der Waals surface area (Å²) >= 11 is 0. The van der Waals surface area contributed by atoms with E-state index in [9.17, 15) is 13.6 Å². The zero-order valence-electron chi connectivity index (χ0n) is 12.9. The molecule has 1 aliphatic rings. The monoisotopic (exact) mass is 323 g/mol. The first-order valence-corrected chi connectivity index (χ1v) is 7.74. The number of halogens is 2. The van der Waals surface area contributed by atoms with Crippen molar-refractivity contribution in [2.75, 3.05) is 19.7 Å². The highest BCUT2D eigenvalue weighted by molar-refractivity contribution is 6.06. The predicted octanol–water partition coefficient (Wildman–Crippen LogP) is 3.08. The molecule has 1 aromatic carbocycles. The topological polar surface area (TPSA) is 53.7 Å². The molecule has 2 heterocycles. The number of carbonyl (C=O) groups is 1. The number of furan rings is 1. The van der Waals surface area contributed by atoms with Crippen LogP contribution >= 0.6 is 0 Å². The highest BCUT2D eigenvalue weighted by atomic mass is 19.3. The number of hydrogen-bond acceptors (Lipinski definition) is 3. The summed E-state index contributed by atoms with van der Waals surface area (Å²) in [5.74, 6) is -4.48. The molecule has 1 aliphatic heterocycles. The van der Waals surface area contributed by atoms with Gasteiger partial charge in [-0.05, 0) is 24.1 Å². The Kier molecular flexibility index (Phi) is 4.10. The Morgan fingerprint density at radius 2 is 2.26 bits per heavy atom. The number of hydrogen-bond donors (Lipinski definition) is 1. The molecule has 23 heavy (non-hydrogen) atoms. The normalized spacial score (nSPS) is 20.9. The molecule has 6 heteroatoms. The summed E-state index contributed by atoms with van der Waals surface area (Å²) in [7, 11) is 0. The van der Waals surface area contributed by atoms with Crippen molar-refractivity contribution in [3.63, 3.8) is 0 Å². The molecule has 2 aromatic rings. The largest absolute Gasteiger partial charge is 0.463 e. The molecule has 0 saturated carbocycles. The Morgan fingerprint density at radius 3 is 2.96 bits per heavy atom. The fourth-order valence-corrected chi connectivity index (χ4v) is 2.99. The van der Waals surface area contributed by atoms with Gasteiger partial charge in [-0.2, -0.15) is 0 Å². The van der Waals surface area contributed by atoms with Crippen LogP contribution in [0.1, 0.15) is 29.3 Å². The number of fused-ring (bicyclic) bond motifs is 1. The van der Waals surface area contributed by atoms with Gasteiger partial charge in [0.25, 0.3) is 11.8 Å². The third-order valence-electron chi connectivity index (χ3n) is 4.54. The second-order valence-corrected chi connectivity index (χ2v) is 5.98. The first-order chi connectivity index (χ1) is 11.0. The van der Waals surface area contributed by atoms with Crippen LogP contribution in [0.15, 0.2) is 28.9 Å². The highest BCUT2D eigenvalue weighted by Crippen LogP contribution is 2.34. The molecule has 0 bridgehead atoms. The van der Waals surface area contributed by atoms with Gasteiger partial charge in [0.15, 0.2) is 0 Å². The van der Waals surface area contributed by atoms with Crippen molar-refractivity contribution in [1.29, 1.82) is 0 Å². The second kappa shape index (κ2) is 5.92. The maximum Gasteiger partial charge on any atom is 0.257 e. The number of benzene rings is 1. The molecule has 1 amide bonds. The quantitative estimate of drug-likeness (QED) is 0.944. The van der Waals surface area contributed by atoms with Crippen molar-refractivity contribution in [2.24, 2.45) is 5.92 Å². The minimum absolute atomic E-state index is 0.0253. The van der Waals surface area contributed by atoms with Crippen molar-refractivity contribution in [3.8, 4) is 0 Å². The van der Waals surface area contributed by atoms with Crippen molar-refractivity contribution < 1.29 is 23.1 Å². The Labute approximate surface area is 132 Å². The van der Waals surface area contributed by atoms with Gasteiger partial charge in [-0.1, -0.05) is 13.0 Å². The molecule has 4 nitrogen and oxygen atoms in total. The van der Waals surface area contributed by atoms with Crippen LogP contribution in [0.25, 0.3) is 11.0 Å². The molecule has 1 N–H and O–H groups in total. The molecule has 0 aliphatic carbocycles. The maximum absolute atomic E-state index is 13.7. The van der Waals surface area contributed by atoms with Gasteiger partial charge < -0.3 is 14.4 Å². The van der Waals surface area contributed by atoms with E-state index < -0.39 is 24.9 Å². The second-order valence-electron chi connectivity index (χ2n) is 5.98. The number of alkyl halides is 2. The van der Waals surface area contributed by atoms with Crippen LogP contribution in [0.3, 0.4) is 0 Å². The van der Waals surface area contributed by atoms with Gasteiger partial charge in [-0.15, -0.1) is 0 Å². The summed E-state index contributed by atoms with van der Waals surface area (Å²) < 4.78 is 32.8. The van der Waals surface area contributed by atoms with Gasteiger partial charge in [0, 0.05) is 24.9 Å². The molecule has 1 aromatic heterocycles. The van der Waals surface area contributed by atoms with E-state index >= 15 is 0 Å². The summed E-state index contributed by atoms with van der Waals surface area (Å²) in [6.45, 7) is 1.20. The molecule has 1 unspecified atom stereocenters. The van der Waals surface area contributed by atoms with Gasteiger partial charge in [-0.25, -0.2) is 8.78 Å². The Balaban J connectivity index is 1.89. The minimum Gasteiger partial charge on any atom is -0.463 e. The van der Waals surface area contributed by atoms with Crippen molar-refractivity contribution in [2.45, 2.75) is 25.7 Å². The standard InChI is InChI=1S/C17H19F2NO3/c1-2-11-3-4-15-13(7-11)14(10-23-15)16(22)20-6-5-17(18,19)12(8-20)9-21/h3-4,7,10,12,21H,2,5-6,8-9H2,1H3. The third-order valence-corrected chi connectivity index (χ3v) is 4.54. The van der Waals surface area contributed by atoms with E-state index in [1.165, 1.54) is 11.2 Å². The number of aliphatic hydroxyl groups is 1. The Bertz CT molecular complexity index is 726. The van der Waals surface area contributed by atoms with Crippen LogP contribution in [0.5, 0.6) is 0 Å². The van der Waals surface area contributed by atoms with Crippen molar-refractivity contribution in [1.82, 2.24) is 4.90 Å². The molecular weight excluding hydrogens is 304 g/mol. The van der Waals surface area contributed by atoms with E-state index in [4.69, 9.17) is 9.52 Å². The summed E-state index contributed by atoms with van der Waals surface area (Å²) in [4.78, 5) is 14.1. The van der Waals surface area contributed by atoms with E-state index in [0.29, 0.717) is 16.5 Å².